The van der Waals surface area contributed by atoms with Gasteiger partial charge in [0.25, 0.3) is 0 Å². The van der Waals surface area contributed by atoms with Gasteiger partial charge in [-0.25, -0.2) is 0 Å². The molecule has 0 atom stereocenters. The van der Waals surface area contributed by atoms with E-state index in [4.69, 9.17) is 5.73 Å². The number of rotatable bonds is 1. The molecule has 2 heterocycles. The molecule has 0 unspecified atom stereocenters. The molecule has 2 aromatic carbocycles. The summed E-state index contributed by atoms with van der Waals surface area (Å²) in [6.45, 7) is 0. The summed E-state index contributed by atoms with van der Waals surface area (Å²) in [5, 5.41) is 1.09. The van der Waals surface area contributed by atoms with Crippen molar-refractivity contribution in [2.45, 2.75) is 0 Å². The Labute approximate surface area is 121 Å². The van der Waals surface area contributed by atoms with Crippen LogP contribution in [0.3, 0.4) is 0 Å². The summed E-state index contributed by atoms with van der Waals surface area (Å²) in [6, 6.07) is 13.9. The van der Waals surface area contributed by atoms with Crippen molar-refractivity contribution in [2.24, 2.45) is 0 Å². The van der Waals surface area contributed by atoms with Gasteiger partial charge in [-0.05, 0) is 35.9 Å². The van der Waals surface area contributed by atoms with Crippen molar-refractivity contribution >= 4 is 27.6 Å². The van der Waals surface area contributed by atoms with E-state index in [9.17, 15) is 0 Å². The zero-order valence-corrected chi connectivity index (χ0v) is 11.2. The number of nitrogen functional groups attached to an aromatic ring is 1. The minimum atomic E-state index is 0.685. The van der Waals surface area contributed by atoms with Gasteiger partial charge in [-0.15, -0.1) is 0 Å². The van der Waals surface area contributed by atoms with Gasteiger partial charge in [0.05, 0.1) is 16.6 Å². The third-order valence-electron chi connectivity index (χ3n) is 3.51. The van der Waals surface area contributed by atoms with Gasteiger partial charge in [0, 0.05) is 35.2 Å². The molecule has 0 saturated carbocycles. The molecule has 0 aliphatic carbocycles. The van der Waals surface area contributed by atoms with Crippen molar-refractivity contribution in [3.63, 3.8) is 0 Å². The number of nitrogens with two attached hydrogens (primary N) is 1. The normalized spacial score (nSPS) is 11.0. The van der Waals surface area contributed by atoms with Gasteiger partial charge >= 0.3 is 0 Å². The van der Waals surface area contributed by atoms with Gasteiger partial charge in [-0.3, -0.25) is 15.0 Å². The maximum atomic E-state index is 5.99. The first-order valence-electron chi connectivity index (χ1n) is 6.67. The lowest BCUT2D eigenvalue weighted by Crippen LogP contribution is -1.92. The number of hydrogen-bond donors (Lipinski definition) is 1. The smallest absolute Gasteiger partial charge is 0.0966 e. The zero-order chi connectivity index (χ0) is 14.2. The lowest BCUT2D eigenvalue weighted by molar-refractivity contribution is 1.29. The third kappa shape index (κ3) is 1.97. The van der Waals surface area contributed by atoms with Crippen LogP contribution in [0.15, 0.2) is 61.1 Å². The number of pyridine rings is 1. The largest absolute Gasteiger partial charge is 0.399 e. The number of benzene rings is 2. The number of aromatic nitrogens is 3. The molecule has 4 nitrogen and oxygen atoms in total. The van der Waals surface area contributed by atoms with Gasteiger partial charge < -0.3 is 5.73 Å². The number of hydrogen-bond acceptors (Lipinski definition) is 4. The minimum absolute atomic E-state index is 0.685. The van der Waals surface area contributed by atoms with E-state index in [0.717, 1.165) is 33.1 Å². The van der Waals surface area contributed by atoms with E-state index in [2.05, 4.69) is 21.0 Å². The van der Waals surface area contributed by atoms with Crippen LogP contribution >= 0.6 is 0 Å². The van der Waals surface area contributed by atoms with E-state index in [0.29, 0.717) is 5.69 Å². The van der Waals surface area contributed by atoms with Crippen LogP contribution in [0.5, 0.6) is 0 Å². The monoisotopic (exact) mass is 272 g/mol. The predicted molar refractivity (Wildman–Crippen MR) is 84.7 cm³/mol. The average Bonchev–Trinajstić information content (AvgIpc) is 2.53. The maximum absolute atomic E-state index is 5.99. The maximum Gasteiger partial charge on any atom is 0.0966 e. The van der Waals surface area contributed by atoms with Crippen LogP contribution in [-0.4, -0.2) is 15.0 Å². The second-order valence-corrected chi connectivity index (χ2v) is 4.90. The molecule has 0 fully saturated rings. The lowest BCUT2D eigenvalue weighted by Gasteiger charge is -2.08. The third-order valence-corrected chi connectivity index (χ3v) is 3.51. The van der Waals surface area contributed by atoms with Crippen molar-refractivity contribution in [3.05, 3.63) is 61.1 Å². The quantitative estimate of drug-likeness (QED) is 0.539. The average molecular weight is 272 g/mol. The molecule has 0 aliphatic rings. The van der Waals surface area contributed by atoms with Crippen molar-refractivity contribution in [2.75, 3.05) is 5.73 Å². The molecule has 4 aromatic rings. The number of anilines is 1. The van der Waals surface area contributed by atoms with Crippen LogP contribution in [0.25, 0.3) is 33.1 Å². The molecule has 100 valence electrons. The fourth-order valence-corrected chi connectivity index (χ4v) is 2.56. The first-order valence-corrected chi connectivity index (χ1v) is 6.67. The summed E-state index contributed by atoms with van der Waals surface area (Å²) < 4.78 is 0. The molecule has 0 amide bonds. The lowest BCUT2D eigenvalue weighted by atomic mass is 10.0. The van der Waals surface area contributed by atoms with E-state index < -0.39 is 0 Å². The fraction of sp³-hybridized carbons (Fsp3) is 0. The summed E-state index contributed by atoms with van der Waals surface area (Å²) in [4.78, 5) is 13.1. The Balaban J connectivity index is 2.03. The molecule has 0 aliphatic heterocycles. The molecule has 0 radical (unpaired) electrons. The van der Waals surface area contributed by atoms with Crippen LogP contribution in [-0.2, 0) is 0 Å². The molecule has 0 bridgehead atoms. The molecule has 4 heteroatoms. The highest BCUT2D eigenvalue weighted by Gasteiger charge is 2.08. The highest BCUT2D eigenvalue weighted by molar-refractivity contribution is 5.96. The van der Waals surface area contributed by atoms with Gasteiger partial charge in [0.15, 0.2) is 0 Å². The summed E-state index contributed by atoms with van der Waals surface area (Å²) in [5.41, 5.74) is 11.4. The van der Waals surface area contributed by atoms with E-state index in [1.807, 2.05) is 36.4 Å². The molecule has 2 aromatic heterocycles. The van der Waals surface area contributed by atoms with Crippen LogP contribution in [0, 0.1) is 0 Å². The van der Waals surface area contributed by atoms with Crippen LogP contribution in [0.1, 0.15) is 0 Å². The Bertz CT molecular complexity index is 963. The van der Waals surface area contributed by atoms with Crippen molar-refractivity contribution in [1.29, 1.82) is 0 Å². The van der Waals surface area contributed by atoms with Gasteiger partial charge in [-0.2, -0.15) is 0 Å². The van der Waals surface area contributed by atoms with E-state index in [1.54, 1.807) is 18.6 Å². The second kappa shape index (κ2) is 4.52. The van der Waals surface area contributed by atoms with Crippen molar-refractivity contribution in [1.82, 2.24) is 15.0 Å². The molecule has 21 heavy (non-hydrogen) atoms. The Morgan fingerprint density at radius 2 is 1.62 bits per heavy atom. The molecular weight excluding hydrogens is 260 g/mol. The second-order valence-electron chi connectivity index (χ2n) is 4.90. The van der Waals surface area contributed by atoms with Gasteiger partial charge in [0.1, 0.15) is 0 Å². The van der Waals surface area contributed by atoms with Crippen LogP contribution < -0.4 is 5.73 Å². The van der Waals surface area contributed by atoms with E-state index in [-0.39, 0.29) is 0 Å². The minimum Gasteiger partial charge on any atom is -0.399 e. The van der Waals surface area contributed by atoms with Crippen molar-refractivity contribution in [3.8, 4) is 11.1 Å². The predicted octanol–water partition coefficient (Wildman–Crippen LogP) is 3.43. The van der Waals surface area contributed by atoms with Crippen LogP contribution in [0.2, 0.25) is 0 Å². The molecular formula is C17H12N4. The van der Waals surface area contributed by atoms with E-state index >= 15 is 0 Å². The molecule has 4 rings (SSSR count). The Morgan fingerprint density at radius 1 is 0.762 bits per heavy atom. The highest BCUT2D eigenvalue weighted by atomic mass is 14.8. The molecule has 0 saturated heterocycles. The SMILES string of the molecule is Nc1cc(-c2ccc3ncccc3c2)c2nccnc2c1. The number of nitrogens with zero attached hydrogens (tertiary/aromatic N) is 3. The zero-order valence-electron chi connectivity index (χ0n) is 11.2. The Hall–Kier alpha value is -3.01. The first-order chi connectivity index (χ1) is 10.3. The Morgan fingerprint density at radius 3 is 2.57 bits per heavy atom. The molecule has 2 N–H and O–H groups in total. The summed E-state index contributed by atoms with van der Waals surface area (Å²) in [5.74, 6) is 0. The Kier molecular flexibility index (Phi) is 2.54. The van der Waals surface area contributed by atoms with Crippen LogP contribution in [0.4, 0.5) is 5.69 Å². The molecule has 0 spiro atoms. The van der Waals surface area contributed by atoms with Crippen molar-refractivity contribution < 1.29 is 0 Å². The summed E-state index contributed by atoms with van der Waals surface area (Å²) in [7, 11) is 0. The van der Waals surface area contributed by atoms with E-state index in [1.165, 1.54) is 0 Å². The topological polar surface area (TPSA) is 64.7 Å². The fourth-order valence-electron chi connectivity index (χ4n) is 2.56. The standard InChI is InChI=1S/C17H12N4/c18-13-9-14(17-16(10-13)20-6-7-21-17)11-3-4-15-12(8-11)2-1-5-19-15/h1-10H,18H2. The number of fused-ring (bicyclic) bond motifs is 2. The summed E-state index contributed by atoms with van der Waals surface area (Å²) >= 11 is 0. The van der Waals surface area contributed by atoms with Gasteiger partial charge in [0.2, 0.25) is 0 Å². The first kappa shape index (κ1) is 11.8. The summed E-state index contributed by atoms with van der Waals surface area (Å²) in [6.07, 6.45) is 5.17. The van der Waals surface area contributed by atoms with Gasteiger partial charge in [-0.1, -0.05) is 12.1 Å². The highest BCUT2D eigenvalue weighted by Crippen LogP contribution is 2.30.